The van der Waals surface area contributed by atoms with Gasteiger partial charge in [-0.3, -0.25) is 0 Å². The van der Waals surface area contributed by atoms with Crippen molar-refractivity contribution in [3.63, 3.8) is 0 Å². The lowest BCUT2D eigenvalue weighted by Gasteiger charge is -2.47. The zero-order valence-electron chi connectivity index (χ0n) is 14.1. The van der Waals surface area contributed by atoms with Crippen LogP contribution in [0.2, 0.25) is 0 Å². The molecule has 0 heteroatoms. The van der Waals surface area contributed by atoms with Crippen molar-refractivity contribution < 1.29 is 0 Å². The Morgan fingerprint density at radius 1 is 0.591 bits per heavy atom. The highest BCUT2D eigenvalue weighted by Gasteiger charge is 2.73. The minimum Gasteiger partial charge on any atom is -0.0848 e. The molecule has 7 aliphatic rings. The number of fused-ring (bicyclic) bond motifs is 19. The number of hydrogen-bond acceptors (Lipinski definition) is 0. The summed E-state index contributed by atoms with van der Waals surface area (Å²) < 4.78 is 0. The first-order valence-corrected chi connectivity index (χ1v) is 10.3. The normalized spacial score (nSPS) is 70.5. The predicted molar refractivity (Wildman–Crippen MR) is 87.9 cm³/mol. The highest BCUT2D eigenvalue weighted by Crippen LogP contribution is 2.79. The van der Waals surface area contributed by atoms with Crippen LogP contribution in [-0.4, -0.2) is 0 Å². The van der Waals surface area contributed by atoms with E-state index in [0.717, 1.165) is 35.5 Å². The molecule has 0 aromatic rings. The van der Waals surface area contributed by atoms with Crippen molar-refractivity contribution in [1.82, 2.24) is 0 Å². The fourth-order valence-electron chi connectivity index (χ4n) is 10.5. The summed E-state index contributed by atoms with van der Waals surface area (Å²) in [4.78, 5) is 0. The Bertz CT molecular complexity index is 539. The van der Waals surface area contributed by atoms with Crippen LogP contribution in [0.15, 0.2) is 12.2 Å². The molecule has 0 spiro atoms. The molecule has 7 aliphatic carbocycles. The van der Waals surface area contributed by atoms with Crippen molar-refractivity contribution in [2.45, 2.75) is 46.0 Å². The second-order valence-electron chi connectivity index (χ2n) is 11.3. The Kier molecular flexibility index (Phi) is 1.88. The second-order valence-corrected chi connectivity index (χ2v) is 11.3. The molecular weight excluding hydrogens is 264 g/mol. The van der Waals surface area contributed by atoms with Gasteiger partial charge in [0.25, 0.3) is 0 Å². The van der Waals surface area contributed by atoms with E-state index in [2.05, 4.69) is 26.0 Å². The van der Waals surface area contributed by atoms with Crippen LogP contribution in [0.5, 0.6) is 0 Å². The summed E-state index contributed by atoms with van der Waals surface area (Å²) in [5, 5.41) is 0. The van der Waals surface area contributed by atoms with E-state index in [0.29, 0.717) is 5.41 Å². The van der Waals surface area contributed by atoms with E-state index in [1.807, 2.05) is 0 Å². The lowest BCUT2D eigenvalue weighted by molar-refractivity contribution is 0.00969. The summed E-state index contributed by atoms with van der Waals surface area (Å²) >= 11 is 0. The van der Waals surface area contributed by atoms with Gasteiger partial charge in [-0.2, -0.15) is 0 Å². The molecule has 0 radical (unpaired) electrons. The third-order valence-corrected chi connectivity index (χ3v) is 10.3. The Labute approximate surface area is 135 Å². The predicted octanol–water partition coefficient (Wildman–Crippen LogP) is 5.01. The molecule has 7 rings (SSSR count). The van der Waals surface area contributed by atoms with Crippen LogP contribution in [0.1, 0.15) is 46.0 Å². The van der Waals surface area contributed by atoms with E-state index >= 15 is 0 Å². The molecular formula is C22H30. The summed E-state index contributed by atoms with van der Waals surface area (Å²) in [5.74, 6) is 13.7. The first-order valence-electron chi connectivity index (χ1n) is 10.3. The lowest BCUT2D eigenvalue weighted by Crippen LogP contribution is -2.43. The molecule has 6 saturated carbocycles. The maximum atomic E-state index is 2.64. The van der Waals surface area contributed by atoms with Crippen LogP contribution < -0.4 is 0 Å². The van der Waals surface area contributed by atoms with Crippen LogP contribution in [0.25, 0.3) is 0 Å². The fraction of sp³-hybridized carbons (Fsp3) is 0.909. The van der Waals surface area contributed by atoms with E-state index in [-0.39, 0.29) is 0 Å². The molecule has 12 unspecified atom stereocenters. The number of hydrogen-bond donors (Lipinski definition) is 0. The summed E-state index contributed by atoms with van der Waals surface area (Å²) in [6, 6.07) is 0. The third-order valence-electron chi connectivity index (χ3n) is 10.3. The average molecular weight is 294 g/mol. The summed E-state index contributed by atoms with van der Waals surface area (Å²) in [7, 11) is 0. The van der Waals surface area contributed by atoms with E-state index in [1.165, 1.54) is 35.5 Å². The lowest BCUT2D eigenvalue weighted by atomic mass is 9.58. The van der Waals surface area contributed by atoms with Crippen molar-refractivity contribution in [2.24, 2.45) is 76.4 Å². The van der Waals surface area contributed by atoms with E-state index in [4.69, 9.17) is 0 Å². The highest BCUT2D eigenvalue weighted by atomic mass is 14.8. The van der Waals surface area contributed by atoms with Crippen LogP contribution >= 0.6 is 0 Å². The van der Waals surface area contributed by atoms with Crippen LogP contribution in [0.3, 0.4) is 0 Å². The molecule has 0 amide bonds. The molecule has 22 heavy (non-hydrogen) atoms. The molecule has 0 nitrogen and oxygen atoms in total. The van der Waals surface area contributed by atoms with Gasteiger partial charge in [0, 0.05) is 0 Å². The largest absolute Gasteiger partial charge is 0.0848 e. The molecule has 0 N–H and O–H groups in total. The first kappa shape index (κ1) is 12.2. The standard InChI is InChI=1S/C22H30/c1-22(2)8-16-12-6-13(17(16)9-22)21-15-7-14(20(12)21)18-10-3-4-11(5-10)19(15)18/h3-4,10-21H,5-9H2,1-2H3. The molecule has 0 aromatic heterocycles. The van der Waals surface area contributed by atoms with E-state index < -0.39 is 0 Å². The fourth-order valence-corrected chi connectivity index (χ4v) is 10.5. The van der Waals surface area contributed by atoms with Crippen LogP contribution in [0.4, 0.5) is 0 Å². The minimum absolute atomic E-state index is 0.667. The minimum atomic E-state index is 0.667. The van der Waals surface area contributed by atoms with Gasteiger partial charge in [-0.15, -0.1) is 0 Å². The average Bonchev–Trinajstić information content (AvgIpc) is 3.25. The molecule has 6 bridgehead atoms. The summed E-state index contributed by atoms with van der Waals surface area (Å²) in [6.07, 6.45) is 13.3. The topological polar surface area (TPSA) is 0 Å². The highest BCUT2D eigenvalue weighted by molar-refractivity contribution is 5.26. The molecule has 0 aliphatic heterocycles. The van der Waals surface area contributed by atoms with Crippen LogP contribution in [0, 0.1) is 76.4 Å². The van der Waals surface area contributed by atoms with Gasteiger partial charge in [0.05, 0.1) is 0 Å². The van der Waals surface area contributed by atoms with Gasteiger partial charge < -0.3 is 0 Å². The maximum Gasteiger partial charge on any atom is -0.0194 e. The first-order chi connectivity index (χ1) is 10.6. The van der Waals surface area contributed by atoms with Gasteiger partial charge in [-0.1, -0.05) is 26.0 Å². The monoisotopic (exact) mass is 294 g/mol. The summed E-state index contributed by atoms with van der Waals surface area (Å²) in [6.45, 7) is 5.13. The Morgan fingerprint density at radius 2 is 1.09 bits per heavy atom. The number of allylic oxidation sites excluding steroid dienone is 2. The summed E-state index contributed by atoms with van der Waals surface area (Å²) in [5.41, 5.74) is 0.667. The Hall–Kier alpha value is -0.260. The van der Waals surface area contributed by atoms with Gasteiger partial charge in [-0.25, -0.2) is 0 Å². The van der Waals surface area contributed by atoms with Crippen molar-refractivity contribution in [2.75, 3.05) is 0 Å². The molecule has 0 saturated heterocycles. The van der Waals surface area contributed by atoms with Gasteiger partial charge >= 0.3 is 0 Å². The quantitative estimate of drug-likeness (QED) is 0.435. The van der Waals surface area contributed by atoms with Gasteiger partial charge in [0.1, 0.15) is 0 Å². The van der Waals surface area contributed by atoms with Gasteiger partial charge in [0.15, 0.2) is 0 Å². The molecule has 118 valence electrons. The SMILES string of the molecule is CC1(C)CC2C(C1)C1CC2C2C3CC(C4C5C=CC(C5)C34)C12. The third kappa shape index (κ3) is 1.12. The van der Waals surface area contributed by atoms with Gasteiger partial charge in [-0.05, 0) is 109 Å². The zero-order valence-corrected chi connectivity index (χ0v) is 14.1. The van der Waals surface area contributed by atoms with Crippen LogP contribution in [-0.2, 0) is 0 Å². The zero-order chi connectivity index (χ0) is 14.4. The van der Waals surface area contributed by atoms with Crippen molar-refractivity contribution in [3.05, 3.63) is 12.2 Å². The molecule has 0 aromatic carbocycles. The molecule has 12 atom stereocenters. The van der Waals surface area contributed by atoms with Crippen molar-refractivity contribution in [3.8, 4) is 0 Å². The van der Waals surface area contributed by atoms with Crippen molar-refractivity contribution in [1.29, 1.82) is 0 Å². The smallest absolute Gasteiger partial charge is 0.0194 e. The molecule has 0 heterocycles. The second kappa shape index (κ2) is 3.40. The van der Waals surface area contributed by atoms with Crippen molar-refractivity contribution >= 4 is 0 Å². The van der Waals surface area contributed by atoms with Gasteiger partial charge in [0.2, 0.25) is 0 Å². The molecule has 6 fully saturated rings. The van der Waals surface area contributed by atoms with E-state index in [1.54, 1.807) is 32.1 Å². The Morgan fingerprint density at radius 3 is 1.64 bits per heavy atom. The number of rotatable bonds is 0. The van der Waals surface area contributed by atoms with E-state index in [9.17, 15) is 0 Å². The maximum absolute atomic E-state index is 2.64. The Balaban J connectivity index is 1.30.